The lowest BCUT2D eigenvalue weighted by Gasteiger charge is -2.09. The van der Waals surface area contributed by atoms with E-state index in [-0.39, 0.29) is 29.5 Å². The molecular weight excluding hydrogens is 290 g/mol. The number of nitrogens with one attached hydrogen (secondary N) is 2. The fourth-order valence-corrected chi connectivity index (χ4v) is 1.78. The maximum atomic E-state index is 13.5. The van der Waals surface area contributed by atoms with Crippen LogP contribution in [0.4, 0.5) is 14.7 Å². The standard InChI is InChI=1S/C14H14F2N6/c15-10-2-1-3-11(16)9(10)7-21-14-20-5-4-12(22-14)8(6-17)13(18)19/h1-6H,7,17H2,(H3,18,19)(H,20,21,22). The highest BCUT2D eigenvalue weighted by atomic mass is 19.1. The van der Waals surface area contributed by atoms with Crippen molar-refractivity contribution in [1.29, 1.82) is 5.41 Å². The SMILES string of the molecule is N=C(N)C(=CN)c1ccnc(NCc2c(F)cccc2F)n1. The van der Waals surface area contributed by atoms with Crippen LogP contribution in [0.3, 0.4) is 0 Å². The molecule has 0 amide bonds. The van der Waals surface area contributed by atoms with Gasteiger partial charge in [0.1, 0.15) is 17.5 Å². The summed E-state index contributed by atoms with van der Waals surface area (Å²) in [6, 6.07) is 5.15. The number of nitrogens with zero attached hydrogens (tertiary/aromatic N) is 2. The molecule has 0 aliphatic rings. The number of benzene rings is 1. The van der Waals surface area contributed by atoms with E-state index in [1.807, 2.05) is 0 Å². The summed E-state index contributed by atoms with van der Waals surface area (Å²) in [7, 11) is 0. The van der Waals surface area contributed by atoms with E-state index < -0.39 is 11.6 Å². The van der Waals surface area contributed by atoms with E-state index in [1.165, 1.54) is 30.5 Å². The summed E-state index contributed by atoms with van der Waals surface area (Å²) in [5, 5.41) is 10.1. The van der Waals surface area contributed by atoms with Gasteiger partial charge < -0.3 is 16.8 Å². The molecule has 114 valence electrons. The highest BCUT2D eigenvalue weighted by molar-refractivity contribution is 6.19. The molecule has 1 aromatic heterocycles. The predicted molar refractivity (Wildman–Crippen MR) is 79.8 cm³/mol. The number of rotatable bonds is 5. The summed E-state index contributed by atoms with van der Waals surface area (Å²) in [5.41, 5.74) is 11.2. The van der Waals surface area contributed by atoms with Crippen LogP contribution in [0.5, 0.6) is 0 Å². The van der Waals surface area contributed by atoms with E-state index >= 15 is 0 Å². The Bertz CT molecular complexity index is 709. The lowest BCUT2D eigenvalue weighted by molar-refractivity contribution is 0.559. The molecule has 0 fully saturated rings. The van der Waals surface area contributed by atoms with Crippen LogP contribution >= 0.6 is 0 Å². The van der Waals surface area contributed by atoms with Crippen molar-refractivity contribution >= 4 is 17.4 Å². The summed E-state index contributed by atoms with van der Waals surface area (Å²) in [4.78, 5) is 8.05. The van der Waals surface area contributed by atoms with Gasteiger partial charge in [-0.15, -0.1) is 0 Å². The fourth-order valence-electron chi connectivity index (χ4n) is 1.78. The molecule has 0 radical (unpaired) electrons. The van der Waals surface area contributed by atoms with Crippen molar-refractivity contribution in [2.24, 2.45) is 11.5 Å². The van der Waals surface area contributed by atoms with Crippen LogP contribution in [-0.2, 0) is 6.54 Å². The van der Waals surface area contributed by atoms with Crippen molar-refractivity contribution in [3.63, 3.8) is 0 Å². The third-order valence-electron chi connectivity index (χ3n) is 2.87. The van der Waals surface area contributed by atoms with Crippen LogP contribution in [0, 0.1) is 17.0 Å². The summed E-state index contributed by atoms with van der Waals surface area (Å²) in [5.74, 6) is -1.42. The molecule has 8 heteroatoms. The number of halogens is 2. The molecule has 1 heterocycles. The number of hydrogen-bond donors (Lipinski definition) is 4. The Morgan fingerprint density at radius 3 is 2.55 bits per heavy atom. The maximum absolute atomic E-state index is 13.5. The Morgan fingerprint density at radius 2 is 1.95 bits per heavy atom. The number of aromatic nitrogens is 2. The Kier molecular flexibility index (Phi) is 4.62. The molecule has 0 unspecified atom stereocenters. The van der Waals surface area contributed by atoms with Crippen LogP contribution < -0.4 is 16.8 Å². The molecule has 6 N–H and O–H groups in total. The Balaban J connectivity index is 2.20. The van der Waals surface area contributed by atoms with Crippen molar-refractivity contribution in [2.45, 2.75) is 6.54 Å². The molecule has 0 saturated carbocycles. The van der Waals surface area contributed by atoms with Gasteiger partial charge in [0.15, 0.2) is 0 Å². The van der Waals surface area contributed by atoms with E-state index in [9.17, 15) is 8.78 Å². The number of anilines is 1. The fraction of sp³-hybridized carbons (Fsp3) is 0.0714. The molecule has 6 nitrogen and oxygen atoms in total. The van der Waals surface area contributed by atoms with Gasteiger partial charge in [-0.2, -0.15) is 0 Å². The molecule has 0 aliphatic heterocycles. The van der Waals surface area contributed by atoms with Crippen LogP contribution in [0.15, 0.2) is 36.7 Å². The number of nitrogens with two attached hydrogens (primary N) is 2. The van der Waals surface area contributed by atoms with E-state index in [1.54, 1.807) is 0 Å². The van der Waals surface area contributed by atoms with Crippen molar-refractivity contribution in [3.8, 4) is 0 Å². The minimum absolute atomic E-state index is 0.113. The van der Waals surface area contributed by atoms with Gasteiger partial charge in [0, 0.05) is 24.5 Å². The first kappa shape index (κ1) is 15.4. The van der Waals surface area contributed by atoms with Gasteiger partial charge >= 0.3 is 0 Å². The van der Waals surface area contributed by atoms with E-state index in [4.69, 9.17) is 16.9 Å². The molecule has 0 bridgehead atoms. The zero-order valence-corrected chi connectivity index (χ0v) is 11.5. The second kappa shape index (κ2) is 6.61. The lowest BCUT2D eigenvalue weighted by atomic mass is 10.2. The first-order valence-corrected chi connectivity index (χ1v) is 6.29. The molecule has 0 aliphatic carbocycles. The van der Waals surface area contributed by atoms with Gasteiger partial charge in [0.05, 0.1) is 11.3 Å². The van der Waals surface area contributed by atoms with Gasteiger partial charge in [-0.05, 0) is 18.2 Å². The van der Waals surface area contributed by atoms with Gasteiger partial charge in [0.25, 0.3) is 0 Å². The Hall–Kier alpha value is -3.03. The molecule has 2 aromatic rings. The minimum atomic E-state index is -0.657. The molecule has 1 aromatic carbocycles. The van der Waals surface area contributed by atoms with Crippen LogP contribution in [0.25, 0.3) is 5.57 Å². The summed E-state index contributed by atoms with van der Waals surface area (Å²) >= 11 is 0. The average Bonchev–Trinajstić information content (AvgIpc) is 2.47. The normalized spacial score (nSPS) is 11.3. The van der Waals surface area contributed by atoms with Gasteiger partial charge in [-0.1, -0.05) is 6.07 Å². The van der Waals surface area contributed by atoms with Crippen molar-refractivity contribution in [1.82, 2.24) is 9.97 Å². The molecule has 0 spiro atoms. The molecular formula is C14H14F2N6. The van der Waals surface area contributed by atoms with Crippen LogP contribution in [-0.4, -0.2) is 15.8 Å². The first-order valence-electron chi connectivity index (χ1n) is 6.29. The molecule has 2 rings (SSSR count). The van der Waals surface area contributed by atoms with E-state index in [0.717, 1.165) is 6.20 Å². The average molecular weight is 304 g/mol. The third kappa shape index (κ3) is 3.35. The summed E-state index contributed by atoms with van der Waals surface area (Å²) in [6.07, 6.45) is 2.58. The summed E-state index contributed by atoms with van der Waals surface area (Å²) < 4.78 is 27.1. The Morgan fingerprint density at radius 1 is 1.27 bits per heavy atom. The lowest BCUT2D eigenvalue weighted by Crippen LogP contribution is -2.15. The zero-order chi connectivity index (χ0) is 16.1. The van der Waals surface area contributed by atoms with Gasteiger partial charge in [-0.3, -0.25) is 5.41 Å². The second-order valence-corrected chi connectivity index (χ2v) is 4.31. The number of hydrogen-bond acceptors (Lipinski definition) is 5. The summed E-state index contributed by atoms with van der Waals surface area (Å²) in [6.45, 7) is -0.121. The van der Waals surface area contributed by atoms with Crippen molar-refractivity contribution in [2.75, 3.05) is 5.32 Å². The molecule has 0 atom stereocenters. The highest BCUT2D eigenvalue weighted by Gasteiger charge is 2.10. The topological polar surface area (TPSA) is 114 Å². The van der Waals surface area contributed by atoms with Crippen molar-refractivity contribution in [3.05, 3.63) is 59.6 Å². The quantitative estimate of drug-likeness (QED) is 0.495. The third-order valence-corrected chi connectivity index (χ3v) is 2.87. The molecule has 22 heavy (non-hydrogen) atoms. The van der Waals surface area contributed by atoms with Gasteiger partial charge in [-0.25, -0.2) is 18.7 Å². The molecule has 0 saturated heterocycles. The minimum Gasteiger partial charge on any atom is -0.404 e. The second-order valence-electron chi connectivity index (χ2n) is 4.31. The maximum Gasteiger partial charge on any atom is 0.223 e. The number of amidine groups is 1. The zero-order valence-electron chi connectivity index (χ0n) is 11.5. The van der Waals surface area contributed by atoms with Gasteiger partial charge in [0.2, 0.25) is 5.95 Å². The van der Waals surface area contributed by atoms with E-state index in [0.29, 0.717) is 5.69 Å². The van der Waals surface area contributed by atoms with Crippen LogP contribution in [0.2, 0.25) is 0 Å². The smallest absolute Gasteiger partial charge is 0.223 e. The van der Waals surface area contributed by atoms with E-state index in [2.05, 4.69) is 15.3 Å². The van der Waals surface area contributed by atoms with Crippen LogP contribution in [0.1, 0.15) is 11.3 Å². The van der Waals surface area contributed by atoms with Crippen molar-refractivity contribution < 1.29 is 8.78 Å². The predicted octanol–water partition coefficient (Wildman–Crippen LogP) is 1.60. The highest BCUT2D eigenvalue weighted by Crippen LogP contribution is 2.15. The first-order chi connectivity index (χ1) is 10.5. The Labute approximate surface area is 125 Å². The monoisotopic (exact) mass is 304 g/mol. The largest absolute Gasteiger partial charge is 0.404 e.